The zero-order chi connectivity index (χ0) is 29.3. The molecule has 40 heavy (non-hydrogen) atoms. The molecule has 0 amide bonds. The zero-order valence-electron chi connectivity index (χ0n) is 22.0. The summed E-state index contributed by atoms with van der Waals surface area (Å²) in [5, 5.41) is 9.95. The van der Waals surface area contributed by atoms with Gasteiger partial charge in [-0.2, -0.15) is 26.3 Å². The summed E-state index contributed by atoms with van der Waals surface area (Å²) in [5.74, 6) is -1.55. The van der Waals surface area contributed by atoms with Crippen LogP contribution in [0.3, 0.4) is 0 Å². The topological polar surface area (TPSA) is 49.8 Å². The van der Waals surface area contributed by atoms with Gasteiger partial charge in [-0.1, -0.05) is 25.0 Å². The highest BCUT2D eigenvalue weighted by atomic mass is 19.4. The van der Waals surface area contributed by atoms with Gasteiger partial charge in [-0.3, -0.25) is 4.79 Å². The molecule has 0 radical (unpaired) electrons. The lowest BCUT2D eigenvalue weighted by Crippen LogP contribution is -2.45. The SMILES string of the molecule is CN(CC1(C(=O)O)CCCC1)[C@@H]1CC[C@H](OCCc2cc(C(F)(F)F)cc(C(F)(F)F)c2)[C@@H]1c1ccc(F)cc1. The van der Waals surface area contributed by atoms with Crippen LogP contribution >= 0.6 is 0 Å². The minimum absolute atomic E-state index is 0.0978. The Labute approximate surface area is 228 Å². The van der Waals surface area contributed by atoms with Gasteiger partial charge in [0.05, 0.1) is 29.3 Å². The van der Waals surface area contributed by atoms with Gasteiger partial charge in [0.15, 0.2) is 0 Å². The maximum Gasteiger partial charge on any atom is 0.416 e. The number of rotatable bonds is 9. The molecule has 2 fully saturated rings. The number of likely N-dealkylation sites (N-methyl/N-ethyl adjacent to an activating group) is 1. The molecular weight excluding hydrogens is 543 g/mol. The lowest BCUT2D eigenvalue weighted by molar-refractivity contribution is -0.150. The first kappa shape index (κ1) is 30.3. The van der Waals surface area contributed by atoms with Crippen LogP contribution in [0, 0.1) is 11.2 Å². The summed E-state index contributed by atoms with van der Waals surface area (Å²) < 4.78 is 99.2. The van der Waals surface area contributed by atoms with Gasteiger partial charge in [0.25, 0.3) is 0 Å². The molecule has 0 heterocycles. The van der Waals surface area contributed by atoms with Gasteiger partial charge in [-0.15, -0.1) is 0 Å². The molecule has 2 aliphatic carbocycles. The van der Waals surface area contributed by atoms with Crippen molar-refractivity contribution in [2.75, 3.05) is 20.2 Å². The Morgan fingerprint density at radius 3 is 2.08 bits per heavy atom. The predicted molar refractivity (Wildman–Crippen MR) is 133 cm³/mol. The Kier molecular flexibility index (Phi) is 8.85. The average Bonchev–Trinajstić information content (AvgIpc) is 3.52. The number of hydrogen-bond donors (Lipinski definition) is 1. The molecule has 11 heteroatoms. The predicted octanol–water partition coefficient (Wildman–Crippen LogP) is 7.31. The van der Waals surface area contributed by atoms with Crippen molar-refractivity contribution >= 4 is 5.97 Å². The molecular formula is C29H32F7NO3. The maximum absolute atomic E-state index is 13.7. The number of alkyl halides is 6. The number of carboxylic acid groups (broad SMARTS) is 1. The third kappa shape index (κ3) is 6.79. The van der Waals surface area contributed by atoms with E-state index in [0.29, 0.717) is 44.4 Å². The molecule has 2 aromatic rings. The summed E-state index contributed by atoms with van der Waals surface area (Å²) in [5.41, 5.74) is -2.96. The normalized spacial score (nSPS) is 23.2. The lowest BCUT2D eigenvalue weighted by Gasteiger charge is -2.37. The molecule has 2 aliphatic rings. The Balaban J connectivity index is 1.52. The molecule has 220 valence electrons. The smallest absolute Gasteiger partial charge is 0.416 e. The van der Waals surface area contributed by atoms with E-state index >= 15 is 0 Å². The Morgan fingerprint density at radius 2 is 1.55 bits per heavy atom. The molecule has 0 aliphatic heterocycles. The van der Waals surface area contributed by atoms with Crippen molar-refractivity contribution < 1.29 is 45.4 Å². The highest BCUT2D eigenvalue weighted by molar-refractivity contribution is 5.75. The van der Waals surface area contributed by atoms with Crippen molar-refractivity contribution in [1.82, 2.24) is 4.90 Å². The van der Waals surface area contributed by atoms with E-state index in [2.05, 4.69) is 0 Å². The van der Waals surface area contributed by atoms with Gasteiger partial charge in [0.1, 0.15) is 5.82 Å². The van der Waals surface area contributed by atoms with Crippen molar-refractivity contribution in [3.8, 4) is 0 Å². The van der Waals surface area contributed by atoms with Crippen molar-refractivity contribution in [1.29, 1.82) is 0 Å². The fourth-order valence-electron chi connectivity index (χ4n) is 6.32. The van der Waals surface area contributed by atoms with Crippen LogP contribution in [-0.2, 0) is 28.3 Å². The second-order valence-electron chi connectivity index (χ2n) is 11.0. The highest BCUT2D eigenvalue weighted by Gasteiger charge is 2.46. The van der Waals surface area contributed by atoms with Crippen LogP contribution in [0.25, 0.3) is 0 Å². The third-order valence-electron chi connectivity index (χ3n) is 8.32. The number of halogens is 7. The van der Waals surface area contributed by atoms with E-state index < -0.39 is 46.8 Å². The van der Waals surface area contributed by atoms with Crippen molar-refractivity contribution in [3.63, 3.8) is 0 Å². The maximum atomic E-state index is 13.7. The first-order valence-electron chi connectivity index (χ1n) is 13.3. The molecule has 4 rings (SSSR count). The van der Waals surface area contributed by atoms with Gasteiger partial charge < -0.3 is 14.7 Å². The van der Waals surface area contributed by atoms with Crippen LogP contribution in [0.4, 0.5) is 30.7 Å². The molecule has 4 nitrogen and oxygen atoms in total. The number of carbonyl (C=O) groups is 1. The van der Waals surface area contributed by atoms with Gasteiger partial charge in [-0.05, 0) is 80.6 Å². The minimum atomic E-state index is -4.93. The van der Waals surface area contributed by atoms with E-state index in [1.54, 1.807) is 12.1 Å². The molecule has 0 saturated heterocycles. The third-order valence-corrected chi connectivity index (χ3v) is 8.32. The summed E-state index contributed by atoms with van der Waals surface area (Å²) in [6.45, 7) is 0.221. The molecule has 0 aromatic heterocycles. The van der Waals surface area contributed by atoms with Crippen LogP contribution in [0.1, 0.15) is 66.7 Å². The van der Waals surface area contributed by atoms with Crippen LogP contribution in [0.5, 0.6) is 0 Å². The summed E-state index contributed by atoms with van der Waals surface area (Å²) in [4.78, 5) is 14.2. The number of ether oxygens (including phenoxy) is 1. The van der Waals surface area contributed by atoms with E-state index in [-0.39, 0.29) is 36.6 Å². The molecule has 0 unspecified atom stereocenters. The van der Waals surface area contributed by atoms with E-state index in [9.17, 15) is 40.6 Å². The summed E-state index contributed by atoms with van der Waals surface area (Å²) in [6.07, 6.45) is -6.44. The Morgan fingerprint density at radius 1 is 0.975 bits per heavy atom. The quantitative estimate of drug-likeness (QED) is 0.319. The number of hydrogen-bond acceptors (Lipinski definition) is 3. The van der Waals surface area contributed by atoms with Gasteiger partial charge in [0, 0.05) is 18.5 Å². The lowest BCUT2D eigenvalue weighted by atomic mass is 9.84. The largest absolute Gasteiger partial charge is 0.481 e. The Hall–Kier alpha value is -2.66. The number of carboxylic acids is 1. The molecule has 3 atom stereocenters. The number of aliphatic carboxylic acids is 1. The fraction of sp³-hybridized carbons (Fsp3) is 0.552. The zero-order valence-corrected chi connectivity index (χ0v) is 22.0. The Bertz CT molecular complexity index is 1140. The average molecular weight is 576 g/mol. The first-order chi connectivity index (χ1) is 18.7. The van der Waals surface area contributed by atoms with Crippen molar-refractivity contribution in [3.05, 3.63) is 70.5 Å². The van der Waals surface area contributed by atoms with E-state index in [0.717, 1.165) is 18.4 Å². The molecule has 1 N–H and O–H groups in total. The molecule has 2 aromatic carbocycles. The van der Waals surface area contributed by atoms with Crippen molar-refractivity contribution in [2.45, 2.75) is 75.4 Å². The summed E-state index contributed by atoms with van der Waals surface area (Å²) in [7, 11) is 1.86. The fourth-order valence-corrected chi connectivity index (χ4v) is 6.32. The van der Waals surface area contributed by atoms with Gasteiger partial charge >= 0.3 is 18.3 Å². The monoisotopic (exact) mass is 575 g/mol. The second kappa shape index (κ2) is 11.7. The highest BCUT2D eigenvalue weighted by Crippen LogP contribution is 2.44. The van der Waals surface area contributed by atoms with Crippen molar-refractivity contribution in [2.24, 2.45) is 5.41 Å². The molecule has 2 saturated carbocycles. The molecule has 0 bridgehead atoms. The van der Waals surface area contributed by atoms with Crippen LogP contribution in [-0.4, -0.2) is 48.3 Å². The van der Waals surface area contributed by atoms with E-state index in [4.69, 9.17) is 4.74 Å². The number of nitrogens with zero attached hydrogens (tertiary/aromatic N) is 1. The van der Waals surface area contributed by atoms with Gasteiger partial charge in [0.2, 0.25) is 0 Å². The van der Waals surface area contributed by atoms with Crippen LogP contribution < -0.4 is 0 Å². The minimum Gasteiger partial charge on any atom is -0.481 e. The summed E-state index contributed by atoms with van der Waals surface area (Å²) >= 11 is 0. The van der Waals surface area contributed by atoms with E-state index in [1.165, 1.54) is 12.1 Å². The summed E-state index contributed by atoms with van der Waals surface area (Å²) in [6, 6.07) is 7.26. The van der Waals surface area contributed by atoms with Crippen LogP contribution in [0.2, 0.25) is 0 Å². The van der Waals surface area contributed by atoms with Gasteiger partial charge in [-0.25, -0.2) is 4.39 Å². The standard InChI is InChI=1S/C29H32F7NO3/c1-37(17-27(26(38)39)11-2-3-12-27)23-8-9-24(25(23)19-4-6-22(30)7-5-19)40-13-10-18-14-20(28(31,32)33)16-21(15-18)29(34,35)36/h4-7,14-16,23-25H,2-3,8-13,17H2,1H3,(H,38,39)/t23-,24+,25-/m1/s1. The second-order valence-corrected chi connectivity index (χ2v) is 11.0. The molecule has 0 spiro atoms. The van der Waals surface area contributed by atoms with Crippen LogP contribution in [0.15, 0.2) is 42.5 Å². The van der Waals surface area contributed by atoms with E-state index in [1.807, 2.05) is 11.9 Å². The number of benzene rings is 2. The first-order valence-corrected chi connectivity index (χ1v) is 13.3.